The van der Waals surface area contributed by atoms with Gasteiger partial charge in [-0.15, -0.1) is 0 Å². The van der Waals surface area contributed by atoms with Crippen molar-refractivity contribution in [3.05, 3.63) is 18.2 Å². The number of carbonyl (C=O) groups is 1. The Morgan fingerprint density at radius 1 is 1.71 bits per heavy atom. The molecule has 0 aliphatic heterocycles. The van der Waals surface area contributed by atoms with Gasteiger partial charge < -0.3 is 15.4 Å². The van der Waals surface area contributed by atoms with E-state index in [1.54, 1.807) is 12.4 Å². The zero-order chi connectivity index (χ0) is 10.6. The Kier molecular flexibility index (Phi) is 3.11. The van der Waals surface area contributed by atoms with Crippen LogP contribution < -0.4 is 5.32 Å². The Morgan fingerprint density at radius 3 is 2.93 bits per heavy atom. The van der Waals surface area contributed by atoms with Crippen molar-refractivity contribution in [2.75, 3.05) is 6.54 Å². The van der Waals surface area contributed by atoms with Crippen molar-refractivity contribution in [3.63, 3.8) is 0 Å². The fraction of sp³-hybridized carbons (Fsp3) is 0.556. The Morgan fingerprint density at radius 2 is 2.43 bits per heavy atom. The van der Waals surface area contributed by atoms with Crippen LogP contribution in [0.3, 0.4) is 0 Å². The first kappa shape index (κ1) is 10.6. The molecule has 0 spiro atoms. The maximum atomic E-state index is 10.3. The predicted molar refractivity (Wildman–Crippen MR) is 52.1 cm³/mol. The predicted octanol–water partition coefficient (Wildman–Crippen LogP) is 1.25. The van der Waals surface area contributed by atoms with Gasteiger partial charge in [0.15, 0.2) is 0 Å². The SMILES string of the molecule is CC(C)(CNC(=O)O)Cc1ncc[nH]1. The van der Waals surface area contributed by atoms with Crippen molar-refractivity contribution in [3.8, 4) is 0 Å². The van der Waals surface area contributed by atoms with Gasteiger partial charge >= 0.3 is 6.09 Å². The van der Waals surface area contributed by atoms with Crippen molar-refractivity contribution in [1.29, 1.82) is 0 Å². The molecule has 78 valence electrons. The van der Waals surface area contributed by atoms with Crippen LogP contribution in [0, 0.1) is 5.41 Å². The van der Waals surface area contributed by atoms with E-state index in [9.17, 15) is 4.79 Å². The summed E-state index contributed by atoms with van der Waals surface area (Å²) in [6.45, 7) is 4.40. The van der Waals surface area contributed by atoms with Gasteiger partial charge in [0.2, 0.25) is 0 Å². The highest BCUT2D eigenvalue weighted by Crippen LogP contribution is 2.18. The molecule has 0 radical (unpaired) electrons. The fourth-order valence-corrected chi connectivity index (χ4v) is 1.23. The molecule has 0 aliphatic carbocycles. The first-order chi connectivity index (χ1) is 6.49. The van der Waals surface area contributed by atoms with E-state index in [0.717, 1.165) is 12.2 Å². The number of nitrogens with one attached hydrogen (secondary N) is 2. The molecule has 0 atom stereocenters. The molecule has 14 heavy (non-hydrogen) atoms. The van der Waals surface area contributed by atoms with Gasteiger partial charge in [0.05, 0.1) is 0 Å². The fourth-order valence-electron chi connectivity index (χ4n) is 1.23. The van der Waals surface area contributed by atoms with E-state index >= 15 is 0 Å². The lowest BCUT2D eigenvalue weighted by molar-refractivity contribution is 0.187. The molecule has 5 nitrogen and oxygen atoms in total. The summed E-state index contributed by atoms with van der Waals surface area (Å²) in [7, 11) is 0. The van der Waals surface area contributed by atoms with E-state index in [-0.39, 0.29) is 5.41 Å². The third-order valence-corrected chi connectivity index (χ3v) is 1.92. The quantitative estimate of drug-likeness (QED) is 0.679. The third-order valence-electron chi connectivity index (χ3n) is 1.92. The molecule has 1 aromatic rings. The molecular weight excluding hydrogens is 182 g/mol. The Hall–Kier alpha value is -1.52. The molecular formula is C9H15N3O2. The number of hydrogen-bond acceptors (Lipinski definition) is 2. The number of nitrogens with zero attached hydrogens (tertiary/aromatic N) is 1. The molecule has 1 rings (SSSR count). The number of H-pyrrole nitrogens is 1. The monoisotopic (exact) mass is 197 g/mol. The zero-order valence-corrected chi connectivity index (χ0v) is 8.37. The van der Waals surface area contributed by atoms with Crippen LogP contribution in [-0.2, 0) is 6.42 Å². The Balaban J connectivity index is 2.45. The van der Waals surface area contributed by atoms with Gasteiger partial charge in [0.1, 0.15) is 5.82 Å². The smallest absolute Gasteiger partial charge is 0.404 e. The number of carboxylic acid groups (broad SMARTS) is 1. The topological polar surface area (TPSA) is 78.0 Å². The summed E-state index contributed by atoms with van der Waals surface area (Å²) in [4.78, 5) is 17.4. The highest BCUT2D eigenvalue weighted by Gasteiger charge is 2.20. The van der Waals surface area contributed by atoms with E-state index in [4.69, 9.17) is 5.11 Å². The van der Waals surface area contributed by atoms with Crippen molar-refractivity contribution >= 4 is 6.09 Å². The lowest BCUT2D eigenvalue weighted by atomic mass is 9.89. The zero-order valence-electron chi connectivity index (χ0n) is 8.37. The maximum absolute atomic E-state index is 10.3. The lowest BCUT2D eigenvalue weighted by Gasteiger charge is -2.22. The summed E-state index contributed by atoms with van der Waals surface area (Å²) < 4.78 is 0. The minimum Gasteiger partial charge on any atom is -0.465 e. The van der Waals surface area contributed by atoms with Gasteiger partial charge in [-0.3, -0.25) is 0 Å². The molecule has 0 saturated heterocycles. The van der Waals surface area contributed by atoms with Crippen LogP contribution in [0.15, 0.2) is 12.4 Å². The largest absolute Gasteiger partial charge is 0.465 e. The summed E-state index contributed by atoms with van der Waals surface area (Å²) >= 11 is 0. The first-order valence-corrected chi connectivity index (χ1v) is 4.45. The summed E-state index contributed by atoms with van der Waals surface area (Å²) in [5.41, 5.74) is -0.129. The minimum absolute atomic E-state index is 0.129. The molecule has 0 unspecified atom stereocenters. The van der Waals surface area contributed by atoms with Crippen molar-refractivity contribution in [2.45, 2.75) is 20.3 Å². The number of amides is 1. The molecule has 0 aliphatic rings. The number of aromatic amines is 1. The van der Waals surface area contributed by atoms with Gasteiger partial charge in [-0.25, -0.2) is 9.78 Å². The number of imidazole rings is 1. The standard InChI is InChI=1S/C9H15N3O2/c1-9(2,6-12-8(13)14)5-7-10-3-4-11-7/h3-4,12H,5-6H2,1-2H3,(H,10,11)(H,13,14). The van der Waals surface area contributed by atoms with Crippen LogP contribution >= 0.6 is 0 Å². The molecule has 3 N–H and O–H groups in total. The molecule has 0 fully saturated rings. The second-order valence-electron chi connectivity index (χ2n) is 4.04. The molecule has 0 aromatic carbocycles. The van der Waals surface area contributed by atoms with E-state index in [2.05, 4.69) is 15.3 Å². The van der Waals surface area contributed by atoms with Gasteiger partial charge in [-0.1, -0.05) is 13.8 Å². The van der Waals surface area contributed by atoms with Gasteiger partial charge in [0, 0.05) is 25.4 Å². The molecule has 1 aromatic heterocycles. The summed E-state index contributed by atoms with van der Waals surface area (Å²) in [5.74, 6) is 0.877. The Labute approximate surface area is 82.6 Å². The van der Waals surface area contributed by atoms with Crippen LogP contribution in [0.2, 0.25) is 0 Å². The Bertz CT molecular complexity index is 293. The number of hydrogen-bond donors (Lipinski definition) is 3. The van der Waals surface area contributed by atoms with E-state index < -0.39 is 6.09 Å². The lowest BCUT2D eigenvalue weighted by Crippen LogP contribution is -2.34. The number of rotatable bonds is 4. The first-order valence-electron chi connectivity index (χ1n) is 4.45. The maximum Gasteiger partial charge on any atom is 0.404 e. The molecule has 1 heterocycles. The van der Waals surface area contributed by atoms with Crippen LogP contribution in [0.25, 0.3) is 0 Å². The van der Waals surface area contributed by atoms with Gasteiger partial charge in [-0.2, -0.15) is 0 Å². The normalized spacial score (nSPS) is 11.3. The van der Waals surface area contributed by atoms with E-state index in [1.807, 2.05) is 13.8 Å². The minimum atomic E-state index is -0.988. The highest BCUT2D eigenvalue weighted by atomic mass is 16.4. The van der Waals surface area contributed by atoms with Crippen molar-refractivity contribution in [1.82, 2.24) is 15.3 Å². The third kappa shape index (κ3) is 3.47. The average molecular weight is 197 g/mol. The molecule has 0 saturated carbocycles. The molecule has 0 bridgehead atoms. The molecule has 5 heteroatoms. The molecule has 1 amide bonds. The van der Waals surface area contributed by atoms with Gasteiger partial charge in [-0.05, 0) is 5.41 Å². The van der Waals surface area contributed by atoms with Crippen LogP contribution in [0.5, 0.6) is 0 Å². The van der Waals surface area contributed by atoms with E-state index in [0.29, 0.717) is 6.54 Å². The summed E-state index contributed by atoms with van der Waals surface area (Å²) in [6, 6.07) is 0. The number of aromatic nitrogens is 2. The summed E-state index contributed by atoms with van der Waals surface area (Å²) in [6.07, 6.45) is 3.18. The van der Waals surface area contributed by atoms with E-state index in [1.165, 1.54) is 0 Å². The van der Waals surface area contributed by atoms with Crippen LogP contribution in [0.4, 0.5) is 4.79 Å². The van der Waals surface area contributed by atoms with Crippen LogP contribution in [-0.4, -0.2) is 27.7 Å². The second kappa shape index (κ2) is 4.13. The van der Waals surface area contributed by atoms with Gasteiger partial charge in [0.25, 0.3) is 0 Å². The van der Waals surface area contributed by atoms with Crippen molar-refractivity contribution in [2.24, 2.45) is 5.41 Å². The summed E-state index contributed by atoms with van der Waals surface area (Å²) in [5, 5.41) is 10.8. The average Bonchev–Trinajstić information content (AvgIpc) is 2.53. The van der Waals surface area contributed by atoms with Crippen molar-refractivity contribution < 1.29 is 9.90 Å². The highest BCUT2D eigenvalue weighted by molar-refractivity contribution is 5.64. The van der Waals surface area contributed by atoms with Crippen LogP contribution in [0.1, 0.15) is 19.7 Å². The second-order valence-corrected chi connectivity index (χ2v) is 4.04.